The summed E-state index contributed by atoms with van der Waals surface area (Å²) in [5.41, 5.74) is 3.69. The van der Waals surface area contributed by atoms with Gasteiger partial charge in [-0.15, -0.1) is 0 Å². The zero-order chi connectivity index (χ0) is 22.5. The second kappa shape index (κ2) is 9.36. The number of para-hydroxylation sites is 1. The number of benzene rings is 2. The summed E-state index contributed by atoms with van der Waals surface area (Å²) in [5, 5.41) is 9.98. The minimum atomic E-state index is -0.832. The number of aliphatic imine (C=N–C) groups is 1. The van der Waals surface area contributed by atoms with Crippen molar-refractivity contribution in [3.05, 3.63) is 65.9 Å². The fraction of sp³-hybridized carbons (Fsp3) is 0.217. The van der Waals surface area contributed by atoms with E-state index < -0.39 is 5.97 Å². The number of ether oxygens (including phenoxy) is 2. The highest BCUT2D eigenvalue weighted by atomic mass is 16.6. The molecule has 3 N–H and O–H groups in total. The van der Waals surface area contributed by atoms with Gasteiger partial charge in [0.05, 0.1) is 25.4 Å². The lowest BCUT2D eigenvalue weighted by atomic mass is 10.0. The molecule has 3 rings (SSSR count). The molecule has 1 heterocycles. The molecule has 0 aliphatic rings. The lowest BCUT2D eigenvalue weighted by Crippen LogP contribution is -2.12. The van der Waals surface area contributed by atoms with Crippen LogP contribution in [0, 0.1) is 0 Å². The summed E-state index contributed by atoms with van der Waals surface area (Å²) in [6, 6.07) is 11.0. The smallest absolute Gasteiger partial charge is 0.303 e. The second-order valence-electron chi connectivity index (χ2n) is 6.91. The van der Waals surface area contributed by atoms with Crippen LogP contribution in [0.25, 0.3) is 16.6 Å². The molecule has 0 atom stereocenters. The molecule has 3 aromatic rings. The van der Waals surface area contributed by atoms with Gasteiger partial charge in [-0.2, -0.15) is 5.90 Å². The van der Waals surface area contributed by atoms with Gasteiger partial charge in [-0.1, -0.05) is 24.8 Å². The standard InChI is InChI=1S/C23H25N3O5/c1-14(25-23(31-24)15-8-10-19(29-3)20(12-15)30-4)17-6-5-7-18-16(9-11-21(27)28)13-26(2)22(17)18/h5-8,10,12-13H,1,9,11,24H2,2-4H3,(H,27,28). The Kier molecular flexibility index (Phi) is 6.61. The Morgan fingerprint density at radius 2 is 1.94 bits per heavy atom. The first-order valence-electron chi connectivity index (χ1n) is 9.55. The summed E-state index contributed by atoms with van der Waals surface area (Å²) in [6.45, 7) is 4.10. The van der Waals surface area contributed by atoms with Crippen LogP contribution in [0.5, 0.6) is 11.5 Å². The number of carboxylic acid groups (broad SMARTS) is 1. The van der Waals surface area contributed by atoms with Gasteiger partial charge in [0.25, 0.3) is 0 Å². The van der Waals surface area contributed by atoms with Crippen molar-refractivity contribution in [1.29, 1.82) is 0 Å². The predicted molar refractivity (Wildman–Crippen MR) is 119 cm³/mol. The van der Waals surface area contributed by atoms with Crippen molar-refractivity contribution in [3.8, 4) is 11.5 Å². The molecule has 31 heavy (non-hydrogen) atoms. The van der Waals surface area contributed by atoms with Gasteiger partial charge in [0.15, 0.2) is 11.5 Å². The van der Waals surface area contributed by atoms with E-state index in [2.05, 4.69) is 11.6 Å². The average Bonchev–Trinajstić information content (AvgIpc) is 3.11. The highest BCUT2D eigenvalue weighted by Gasteiger charge is 2.15. The van der Waals surface area contributed by atoms with Gasteiger partial charge >= 0.3 is 5.97 Å². The van der Waals surface area contributed by atoms with E-state index in [0.29, 0.717) is 29.2 Å². The van der Waals surface area contributed by atoms with Gasteiger partial charge < -0.3 is 24.0 Å². The Balaban J connectivity index is 2.02. The van der Waals surface area contributed by atoms with Gasteiger partial charge in [0.2, 0.25) is 5.90 Å². The Labute approximate surface area is 180 Å². The van der Waals surface area contributed by atoms with E-state index in [1.807, 2.05) is 36.0 Å². The minimum Gasteiger partial charge on any atom is -0.493 e. The average molecular weight is 423 g/mol. The van der Waals surface area contributed by atoms with Gasteiger partial charge in [0.1, 0.15) is 0 Å². The number of fused-ring (bicyclic) bond motifs is 1. The van der Waals surface area contributed by atoms with Gasteiger partial charge in [-0.25, -0.2) is 4.99 Å². The molecule has 0 amide bonds. The number of nitrogens with zero attached hydrogens (tertiary/aromatic N) is 2. The predicted octanol–water partition coefficient (Wildman–Crippen LogP) is 3.52. The van der Waals surface area contributed by atoms with E-state index in [9.17, 15) is 4.79 Å². The molecule has 8 heteroatoms. The fourth-order valence-corrected chi connectivity index (χ4v) is 3.54. The van der Waals surface area contributed by atoms with Crippen LogP contribution in [0.1, 0.15) is 23.1 Å². The molecule has 0 radical (unpaired) electrons. The summed E-state index contributed by atoms with van der Waals surface area (Å²) >= 11 is 0. The van der Waals surface area contributed by atoms with Crippen molar-refractivity contribution >= 4 is 28.5 Å². The largest absolute Gasteiger partial charge is 0.493 e. The summed E-state index contributed by atoms with van der Waals surface area (Å²) < 4.78 is 12.5. The van der Waals surface area contributed by atoms with E-state index in [1.165, 1.54) is 0 Å². The molecule has 0 saturated carbocycles. The molecule has 0 bridgehead atoms. The van der Waals surface area contributed by atoms with Crippen LogP contribution < -0.4 is 15.4 Å². The first kappa shape index (κ1) is 21.9. The van der Waals surface area contributed by atoms with E-state index in [0.717, 1.165) is 22.0 Å². The lowest BCUT2D eigenvalue weighted by molar-refractivity contribution is -0.136. The van der Waals surface area contributed by atoms with Crippen LogP contribution >= 0.6 is 0 Å². The molecule has 0 saturated heterocycles. The third-order valence-corrected chi connectivity index (χ3v) is 4.98. The Hall–Kier alpha value is -3.78. The van der Waals surface area contributed by atoms with Crippen molar-refractivity contribution in [3.63, 3.8) is 0 Å². The summed E-state index contributed by atoms with van der Waals surface area (Å²) in [6.07, 6.45) is 2.43. The SMILES string of the molecule is C=C(N=C(ON)c1ccc(OC)c(OC)c1)c1cccc2c(CCC(=O)O)cn(C)c12. The van der Waals surface area contributed by atoms with E-state index in [1.54, 1.807) is 32.4 Å². The Morgan fingerprint density at radius 3 is 2.58 bits per heavy atom. The van der Waals surface area contributed by atoms with Crippen LogP contribution in [0.3, 0.4) is 0 Å². The number of nitrogens with two attached hydrogens (primary N) is 1. The van der Waals surface area contributed by atoms with Gasteiger partial charge in [-0.3, -0.25) is 4.79 Å². The van der Waals surface area contributed by atoms with Crippen LogP contribution in [0.4, 0.5) is 0 Å². The number of methoxy groups -OCH3 is 2. The maximum atomic E-state index is 11.0. The number of carboxylic acids is 1. The van der Waals surface area contributed by atoms with E-state index >= 15 is 0 Å². The number of carbonyl (C=O) groups is 1. The Morgan fingerprint density at radius 1 is 1.19 bits per heavy atom. The maximum absolute atomic E-state index is 11.0. The molecule has 8 nitrogen and oxygen atoms in total. The highest BCUT2D eigenvalue weighted by Crippen LogP contribution is 2.31. The fourth-order valence-electron chi connectivity index (χ4n) is 3.54. The van der Waals surface area contributed by atoms with Crippen molar-refractivity contribution in [2.75, 3.05) is 14.2 Å². The topological polar surface area (TPSA) is 108 Å². The molecule has 0 aliphatic heterocycles. The molecule has 2 aromatic carbocycles. The normalized spacial score (nSPS) is 11.4. The molecular weight excluding hydrogens is 398 g/mol. The number of hydrogen-bond donors (Lipinski definition) is 2. The molecule has 0 aliphatic carbocycles. The number of aromatic nitrogens is 1. The monoisotopic (exact) mass is 423 g/mol. The van der Waals surface area contributed by atoms with Crippen LogP contribution in [0.15, 0.2) is 54.2 Å². The zero-order valence-corrected chi connectivity index (χ0v) is 17.7. The van der Waals surface area contributed by atoms with Crippen molar-refractivity contribution in [2.45, 2.75) is 12.8 Å². The van der Waals surface area contributed by atoms with Crippen LogP contribution in [-0.4, -0.2) is 35.8 Å². The maximum Gasteiger partial charge on any atom is 0.303 e. The van der Waals surface area contributed by atoms with Crippen molar-refractivity contribution in [2.24, 2.45) is 17.9 Å². The molecule has 0 unspecified atom stereocenters. The minimum absolute atomic E-state index is 0.0624. The first-order chi connectivity index (χ1) is 14.9. The second-order valence-corrected chi connectivity index (χ2v) is 6.91. The number of rotatable bonds is 8. The quantitative estimate of drug-likeness (QED) is 0.326. The molecular formula is C23H25N3O5. The van der Waals surface area contributed by atoms with Crippen LogP contribution in [0.2, 0.25) is 0 Å². The summed E-state index contributed by atoms with van der Waals surface area (Å²) in [7, 11) is 5.00. The summed E-state index contributed by atoms with van der Waals surface area (Å²) in [5.74, 6) is 5.93. The van der Waals surface area contributed by atoms with Gasteiger partial charge in [0, 0.05) is 36.2 Å². The lowest BCUT2D eigenvalue weighted by Gasteiger charge is -2.11. The highest BCUT2D eigenvalue weighted by molar-refractivity contribution is 6.00. The molecule has 0 fully saturated rings. The van der Waals surface area contributed by atoms with Crippen molar-refractivity contribution in [1.82, 2.24) is 4.57 Å². The number of aliphatic carboxylic acids is 1. The molecule has 0 spiro atoms. The Bertz CT molecular complexity index is 1160. The molecule has 162 valence electrons. The number of hydrogen-bond acceptors (Lipinski definition) is 6. The van der Waals surface area contributed by atoms with Crippen molar-refractivity contribution < 1.29 is 24.2 Å². The zero-order valence-electron chi connectivity index (χ0n) is 17.7. The summed E-state index contributed by atoms with van der Waals surface area (Å²) in [4.78, 5) is 20.5. The first-order valence-corrected chi connectivity index (χ1v) is 9.55. The van der Waals surface area contributed by atoms with Gasteiger partial charge in [-0.05, 0) is 30.2 Å². The van der Waals surface area contributed by atoms with E-state index in [-0.39, 0.29) is 12.3 Å². The van der Waals surface area contributed by atoms with E-state index in [4.69, 9.17) is 25.3 Å². The number of aryl methyl sites for hydroxylation is 2. The molecule has 1 aromatic heterocycles. The third-order valence-electron chi connectivity index (χ3n) is 4.98. The third kappa shape index (κ3) is 4.54. The van der Waals surface area contributed by atoms with Crippen LogP contribution in [-0.2, 0) is 23.1 Å².